The summed E-state index contributed by atoms with van der Waals surface area (Å²) in [5, 5.41) is 2.88. The van der Waals surface area contributed by atoms with E-state index in [1.54, 1.807) is 0 Å². The molecule has 0 bridgehead atoms. The van der Waals surface area contributed by atoms with E-state index in [4.69, 9.17) is 0 Å². The molecule has 1 fully saturated rings. The normalized spacial score (nSPS) is 24.0. The zero-order valence-corrected chi connectivity index (χ0v) is 8.55. The number of hydrogen-bond acceptors (Lipinski definition) is 2. The molecular weight excluding hydrogens is 163 g/mol. The van der Waals surface area contributed by atoms with Crippen LogP contribution in [0.5, 0.6) is 0 Å². The third-order valence-electron chi connectivity index (χ3n) is 2.54. The molecule has 1 rings (SSSR count). The molecule has 73 valence electrons. The molecule has 3 nitrogen and oxygen atoms in total. The van der Waals surface area contributed by atoms with Gasteiger partial charge in [-0.15, -0.1) is 0 Å². The fourth-order valence-corrected chi connectivity index (χ4v) is 1.77. The van der Waals surface area contributed by atoms with Crippen molar-refractivity contribution in [1.82, 2.24) is 10.1 Å². The maximum absolute atomic E-state index is 11.5. The fraction of sp³-hybridized carbons (Fsp3) is 0.889. The molecule has 1 amide bonds. The smallest absolute Gasteiger partial charge is 0.224 e. The van der Waals surface area contributed by atoms with E-state index in [0.29, 0.717) is 0 Å². The lowest BCUT2D eigenvalue weighted by Crippen LogP contribution is -2.43. The Morgan fingerprint density at radius 2 is 2.46 bits per heavy atom. The summed E-state index contributed by atoms with van der Waals surface area (Å²) in [5.74, 6) is 0.416. The molecular formula is C9H18BN2O. The van der Waals surface area contributed by atoms with Crippen LogP contribution < -0.4 is 5.32 Å². The highest BCUT2D eigenvalue weighted by Crippen LogP contribution is 2.15. The van der Waals surface area contributed by atoms with Gasteiger partial charge in [0.1, 0.15) is 0 Å². The van der Waals surface area contributed by atoms with Crippen molar-refractivity contribution in [2.24, 2.45) is 5.92 Å². The SMILES string of the molecule is C[B]N1CCCC(C(=O)NCC)C1. The first-order valence-electron chi connectivity index (χ1n) is 5.09. The summed E-state index contributed by atoms with van der Waals surface area (Å²) in [5.41, 5.74) is 0. The second-order valence-corrected chi connectivity index (χ2v) is 3.49. The number of rotatable bonds is 3. The van der Waals surface area contributed by atoms with Gasteiger partial charge in [-0.1, -0.05) is 6.82 Å². The third-order valence-corrected chi connectivity index (χ3v) is 2.54. The van der Waals surface area contributed by atoms with Gasteiger partial charge in [0, 0.05) is 12.5 Å². The lowest BCUT2D eigenvalue weighted by atomic mass is 9.87. The molecule has 1 aliphatic heterocycles. The predicted molar refractivity (Wildman–Crippen MR) is 54.6 cm³/mol. The highest BCUT2D eigenvalue weighted by atomic mass is 16.1. The summed E-state index contributed by atoms with van der Waals surface area (Å²) in [4.78, 5) is 13.7. The summed E-state index contributed by atoms with van der Waals surface area (Å²) in [6, 6.07) is 0. The van der Waals surface area contributed by atoms with Gasteiger partial charge in [0.25, 0.3) is 0 Å². The minimum Gasteiger partial charge on any atom is -0.356 e. The number of nitrogens with zero attached hydrogens (tertiary/aromatic N) is 1. The zero-order chi connectivity index (χ0) is 9.68. The number of carbonyl (C=O) groups excluding carboxylic acids is 1. The molecule has 1 N–H and O–H groups in total. The summed E-state index contributed by atoms with van der Waals surface area (Å²) >= 11 is 0. The van der Waals surface area contributed by atoms with Gasteiger partial charge in [0.15, 0.2) is 0 Å². The van der Waals surface area contributed by atoms with E-state index >= 15 is 0 Å². The van der Waals surface area contributed by atoms with Gasteiger partial charge in [0.05, 0.1) is 0 Å². The topological polar surface area (TPSA) is 32.3 Å². The summed E-state index contributed by atoms with van der Waals surface area (Å²) in [7, 11) is 2.07. The Morgan fingerprint density at radius 1 is 1.69 bits per heavy atom. The Morgan fingerprint density at radius 3 is 3.08 bits per heavy atom. The molecule has 1 atom stereocenters. The van der Waals surface area contributed by atoms with Crippen molar-refractivity contribution in [2.45, 2.75) is 26.6 Å². The monoisotopic (exact) mass is 181 g/mol. The van der Waals surface area contributed by atoms with E-state index in [1.807, 2.05) is 13.7 Å². The maximum atomic E-state index is 11.5. The highest BCUT2D eigenvalue weighted by Gasteiger charge is 2.24. The van der Waals surface area contributed by atoms with Crippen molar-refractivity contribution in [3.63, 3.8) is 0 Å². The molecule has 0 aliphatic carbocycles. The Hall–Kier alpha value is -0.505. The number of nitrogens with one attached hydrogen (secondary N) is 1. The van der Waals surface area contributed by atoms with Crippen molar-refractivity contribution < 1.29 is 4.79 Å². The molecule has 0 saturated carbocycles. The first-order valence-corrected chi connectivity index (χ1v) is 5.09. The van der Waals surface area contributed by atoms with E-state index in [0.717, 1.165) is 32.5 Å². The van der Waals surface area contributed by atoms with Crippen molar-refractivity contribution in [2.75, 3.05) is 19.6 Å². The van der Waals surface area contributed by atoms with Gasteiger partial charge >= 0.3 is 0 Å². The van der Waals surface area contributed by atoms with Crippen molar-refractivity contribution in [1.29, 1.82) is 0 Å². The fourth-order valence-electron chi connectivity index (χ4n) is 1.77. The molecule has 13 heavy (non-hydrogen) atoms. The van der Waals surface area contributed by atoms with Crippen LogP contribution in [0.1, 0.15) is 19.8 Å². The summed E-state index contributed by atoms with van der Waals surface area (Å²) < 4.78 is 0. The molecule has 0 aromatic heterocycles. The van der Waals surface area contributed by atoms with Gasteiger partial charge in [0.2, 0.25) is 13.3 Å². The van der Waals surface area contributed by atoms with Crippen LogP contribution in [0, 0.1) is 5.92 Å². The lowest BCUT2D eigenvalue weighted by molar-refractivity contribution is -0.126. The number of hydrogen-bond donors (Lipinski definition) is 1. The van der Waals surface area contributed by atoms with E-state index < -0.39 is 0 Å². The Bertz CT molecular complexity index is 175. The quantitative estimate of drug-likeness (QED) is 0.643. The van der Waals surface area contributed by atoms with Crippen molar-refractivity contribution >= 4 is 13.3 Å². The van der Waals surface area contributed by atoms with Gasteiger partial charge in [-0.2, -0.15) is 0 Å². The molecule has 4 heteroatoms. The first-order chi connectivity index (χ1) is 6.27. The van der Waals surface area contributed by atoms with E-state index in [9.17, 15) is 4.79 Å². The average Bonchev–Trinajstić information content (AvgIpc) is 2.18. The zero-order valence-electron chi connectivity index (χ0n) is 8.55. The van der Waals surface area contributed by atoms with Crippen LogP contribution in [0.15, 0.2) is 0 Å². The molecule has 0 aromatic rings. The molecule has 1 aliphatic rings. The van der Waals surface area contributed by atoms with Crippen LogP contribution in [0.4, 0.5) is 0 Å². The number of piperidine rings is 1. The van der Waals surface area contributed by atoms with Crippen LogP contribution in [0.3, 0.4) is 0 Å². The van der Waals surface area contributed by atoms with Crippen molar-refractivity contribution in [3.8, 4) is 0 Å². The van der Waals surface area contributed by atoms with Gasteiger partial charge in [-0.25, -0.2) is 0 Å². The molecule has 1 saturated heterocycles. The number of carbonyl (C=O) groups is 1. The first kappa shape index (κ1) is 10.6. The van der Waals surface area contributed by atoms with E-state index in [1.165, 1.54) is 0 Å². The van der Waals surface area contributed by atoms with Crippen LogP contribution in [0.25, 0.3) is 0 Å². The number of amides is 1. The standard InChI is InChI=1S/C9H18BN2O/c1-3-11-9(13)8-5-4-6-12(7-8)10-2/h8H,3-7H2,1-2H3,(H,11,13). The summed E-state index contributed by atoms with van der Waals surface area (Å²) in [6.45, 7) is 6.73. The van der Waals surface area contributed by atoms with Crippen LogP contribution in [-0.4, -0.2) is 37.8 Å². The highest BCUT2D eigenvalue weighted by molar-refractivity contribution is 6.29. The Labute approximate surface area is 81.1 Å². The third kappa shape index (κ3) is 3.03. The summed E-state index contributed by atoms with van der Waals surface area (Å²) in [6.07, 6.45) is 2.17. The van der Waals surface area contributed by atoms with E-state index in [2.05, 4.69) is 17.5 Å². The molecule has 0 aromatic carbocycles. The Kier molecular flexibility index (Phi) is 4.29. The maximum Gasteiger partial charge on any atom is 0.224 e. The minimum absolute atomic E-state index is 0.199. The predicted octanol–water partition coefficient (Wildman–Crippen LogP) is 0.502. The van der Waals surface area contributed by atoms with Gasteiger partial charge in [-0.3, -0.25) is 4.79 Å². The van der Waals surface area contributed by atoms with Crippen LogP contribution in [0.2, 0.25) is 6.82 Å². The van der Waals surface area contributed by atoms with Crippen LogP contribution in [-0.2, 0) is 4.79 Å². The molecule has 1 heterocycles. The van der Waals surface area contributed by atoms with Gasteiger partial charge in [-0.05, 0) is 32.9 Å². The molecule has 0 spiro atoms. The molecule has 1 unspecified atom stereocenters. The largest absolute Gasteiger partial charge is 0.356 e. The average molecular weight is 181 g/mol. The lowest BCUT2D eigenvalue weighted by Gasteiger charge is -2.30. The second kappa shape index (κ2) is 5.27. The minimum atomic E-state index is 0.199. The molecule has 1 radical (unpaired) electrons. The van der Waals surface area contributed by atoms with Crippen LogP contribution >= 0.6 is 0 Å². The Balaban J connectivity index is 2.37. The van der Waals surface area contributed by atoms with E-state index in [-0.39, 0.29) is 11.8 Å². The second-order valence-electron chi connectivity index (χ2n) is 3.49. The van der Waals surface area contributed by atoms with Gasteiger partial charge < -0.3 is 10.1 Å². The van der Waals surface area contributed by atoms with Crippen molar-refractivity contribution in [3.05, 3.63) is 0 Å².